The summed E-state index contributed by atoms with van der Waals surface area (Å²) < 4.78 is 27.6. The normalized spacial score (nSPS) is 19.6. The van der Waals surface area contributed by atoms with Crippen LogP contribution in [0.1, 0.15) is 37.0 Å². The maximum Gasteiger partial charge on any atom is 0.352 e. The fourth-order valence-electron chi connectivity index (χ4n) is 2.07. The van der Waals surface area contributed by atoms with Crippen molar-refractivity contribution in [2.75, 3.05) is 6.54 Å². The minimum atomic E-state index is -3.71. The summed E-state index contributed by atoms with van der Waals surface area (Å²) in [6.07, 6.45) is 0.493. The van der Waals surface area contributed by atoms with E-state index in [2.05, 4.69) is 5.32 Å². The zero-order chi connectivity index (χ0) is 14.1. The Kier molecular flexibility index (Phi) is 3.92. The quantitative estimate of drug-likeness (QED) is 0.875. The summed E-state index contributed by atoms with van der Waals surface area (Å²) >= 11 is 1.52. The van der Waals surface area contributed by atoms with E-state index in [1.54, 1.807) is 0 Å². The summed E-state index contributed by atoms with van der Waals surface area (Å²) in [6, 6.07) is 3.78. The van der Waals surface area contributed by atoms with Crippen molar-refractivity contribution >= 4 is 17.2 Å². The minimum absolute atomic E-state index is 0.0178. The van der Waals surface area contributed by atoms with Gasteiger partial charge in [-0.15, -0.1) is 11.3 Å². The van der Waals surface area contributed by atoms with E-state index in [4.69, 9.17) is 0 Å². The van der Waals surface area contributed by atoms with Crippen molar-refractivity contribution in [3.63, 3.8) is 0 Å². The average molecular weight is 289 g/mol. The molecule has 1 aromatic heterocycles. The molecule has 0 bridgehead atoms. The summed E-state index contributed by atoms with van der Waals surface area (Å²) in [6.45, 7) is 2.01. The second-order valence-corrected chi connectivity index (χ2v) is 6.07. The van der Waals surface area contributed by atoms with Crippen LogP contribution in [-0.2, 0) is 4.79 Å². The number of amides is 1. The zero-order valence-electron chi connectivity index (χ0n) is 10.7. The van der Waals surface area contributed by atoms with Gasteiger partial charge in [0.2, 0.25) is 0 Å². The van der Waals surface area contributed by atoms with Gasteiger partial charge in [-0.1, -0.05) is 13.0 Å². The smallest absolute Gasteiger partial charge is 0.352 e. The van der Waals surface area contributed by atoms with E-state index >= 15 is 0 Å². The molecule has 1 saturated carbocycles. The lowest BCUT2D eigenvalue weighted by molar-refractivity contribution is -0.215. The van der Waals surface area contributed by atoms with Crippen LogP contribution < -0.4 is 5.32 Å². The molecule has 2 N–H and O–H groups in total. The Morgan fingerprint density at radius 2 is 2.32 bits per heavy atom. The van der Waals surface area contributed by atoms with Gasteiger partial charge in [-0.25, -0.2) is 0 Å². The molecule has 0 spiro atoms. The van der Waals surface area contributed by atoms with E-state index in [1.165, 1.54) is 11.3 Å². The Labute approximate surface area is 114 Å². The van der Waals surface area contributed by atoms with Gasteiger partial charge in [0, 0.05) is 17.3 Å². The van der Waals surface area contributed by atoms with Crippen molar-refractivity contribution in [3.05, 3.63) is 22.4 Å². The van der Waals surface area contributed by atoms with Crippen molar-refractivity contribution in [3.8, 4) is 0 Å². The Balaban J connectivity index is 1.91. The SMILES string of the molecule is CC(CNC(=O)C(F)(F)C1(O)CCC1)c1cccs1. The number of hydrogen-bond donors (Lipinski definition) is 2. The molecule has 1 aliphatic carbocycles. The molecule has 0 aromatic carbocycles. The second-order valence-electron chi connectivity index (χ2n) is 5.09. The molecule has 1 amide bonds. The lowest BCUT2D eigenvalue weighted by Crippen LogP contribution is -2.60. The largest absolute Gasteiger partial charge is 0.383 e. The van der Waals surface area contributed by atoms with Crippen LogP contribution in [0.2, 0.25) is 0 Å². The van der Waals surface area contributed by atoms with E-state index in [0.29, 0.717) is 6.42 Å². The predicted molar refractivity (Wildman–Crippen MR) is 69.5 cm³/mol. The first-order chi connectivity index (χ1) is 8.87. The molecule has 6 heteroatoms. The first-order valence-electron chi connectivity index (χ1n) is 6.29. The Bertz CT molecular complexity index is 444. The topological polar surface area (TPSA) is 49.3 Å². The molecule has 1 fully saturated rings. The van der Waals surface area contributed by atoms with Crippen LogP contribution in [0.4, 0.5) is 8.78 Å². The molecular weight excluding hydrogens is 272 g/mol. The third-order valence-corrected chi connectivity index (χ3v) is 4.75. The summed E-state index contributed by atoms with van der Waals surface area (Å²) in [7, 11) is 0. The number of alkyl halides is 2. The monoisotopic (exact) mass is 289 g/mol. The number of hydrogen-bond acceptors (Lipinski definition) is 3. The summed E-state index contributed by atoms with van der Waals surface area (Å²) in [5.41, 5.74) is -2.15. The highest BCUT2D eigenvalue weighted by Crippen LogP contribution is 2.44. The fraction of sp³-hybridized carbons (Fsp3) is 0.615. The number of aliphatic hydroxyl groups is 1. The van der Waals surface area contributed by atoms with Crippen LogP contribution >= 0.6 is 11.3 Å². The number of carbonyl (C=O) groups is 1. The van der Waals surface area contributed by atoms with Crippen LogP contribution in [0, 0.1) is 0 Å². The molecule has 1 unspecified atom stereocenters. The lowest BCUT2D eigenvalue weighted by atomic mass is 9.75. The van der Waals surface area contributed by atoms with Crippen LogP contribution in [0.5, 0.6) is 0 Å². The molecule has 1 heterocycles. The Morgan fingerprint density at radius 1 is 1.63 bits per heavy atom. The highest BCUT2D eigenvalue weighted by Gasteiger charge is 2.61. The van der Waals surface area contributed by atoms with Crippen molar-refractivity contribution in [1.82, 2.24) is 5.32 Å². The van der Waals surface area contributed by atoms with Gasteiger partial charge in [0.25, 0.3) is 5.91 Å². The van der Waals surface area contributed by atoms with E-state index in [9.17, 15) is 18.7 Å². The standard InChI is InChI=1S/C13H17F2NO2S/c1-9(10-4-2-7-19-10)8-16-11(17)13(14,15)12(18)5-3-6-12/h2,4,7,9,18H,3,5-6,8H2,1H3,(H,16,17). The van der Waals surface area contributed by atoms with Crippen LogP contribution in [0.15, 0.2) is 17.5 Å². The number of carbonyl (C=O) groups excluding carboxylic acids is 1. The molecule has 2 rings (SSSR count). The van der Waals surface area contributed by atoms with Crippen molar-refractivity contribution in [2.45, 2.75) is 43.6 Å². The van der Waals surface area contributed by atoms with E-state index in [-0.39, 0.29) is 25.3 Å². The van der Waals surface area contributed by atoms with Gasteiger partial charge >= 0.3 is 5.92 Å². The van der Waals surface area contributed by atoms with Gasteiger partial charge in [-0.05, 0) is 30.7 Å². The Morgan fingerprint density at radius 3 is 2.79 bits per heavy atom. The highest BCUT2D eigenvalue weighted by atomic mass is 32.1. The predicted octanol–water partition coefficient (Wildman–Crippen LogP) is 2.52. The molecule has 1 aliphatic rings. The first-order valence-corrected chi connectivity index (χ1v) is 7.17. The third kappa shape index (κ3) is 2.65. The zero-order valence-corrected chi connectivity index (χ0v) is 11.5. The molecule has 1 aromatic rings. The second kappa shape index (κ2) is 5.17. The van der Waals surface area contributed by atoms with E-state index < -0.39 is 17.4 Å². The highest BCUT2D eigenvalue weighted by molar-refractivity contribution is 7.10. The molecular formula is C13H17F2NO2S. The van der Waals surface area contributed by atoms with Crippen LogP contribution in [-0.4, -0.2) is 29.1 Å². The molecule has 3 nitrogen and oxygen atoms in total. The number of rotatable bonds is 5. The van der Waals surface area contributed by atoms with Gasteiger partial charge < -0.3 is 10.4 Å². The molecule has 19 heavy (non-hydrogen) atoms. The number of halogens is 2. The number of thiophene rings is 1. The number of nitrogens with one attached hydrogen (secondary N) is 1. The summed E-state index contributed by atoms with van der Waals surface area (Å²) in [5, 5.41) is 13.8. The fourth-order valence-corrected chi connectivity index (χ4v) is 2.85. The van der Waals surface area contributed by atoms with E-state index in [1.807, 2.05) is 24.4 Å². The van der Waals surface area contributed by atoms with Gasteiger partial charge in [0.1, 0.15) is 5.60 Å². The van der Waals surface area contributed by atoms with Crippen LogP contribution in [0.25, 0.3) is 0 Å². The summed E-state index contributed by atoms with van der Waals surface area (Å²) in [5.74, 6) is -5.10. The third-order valence-electron chi connectivity index (χ3n) is 3.65. The molecule has 0 aliphatic heterocycles. The van der Waals surface area contributed by atoms with Crippen LogP contribution in [0.3, 0.4) is 0 Å². The first kappa shape index (κ1) is 14.4. The minimum Gasteiger partial charge on any atom is -0.383 e. The van der Waals surface area contributed by atoms with Gasteiger partial charge in [-0.2, -0.15) is 8.78 Å². The molecule has 0 radical (unpaired) electrons. The summed E-state index contributed by atoms with van der Waals surface area (Å²) in [4.78, 5) is 12.6. The maximum atomic E-state index is 13.8. The van der Waals surface area contributed by atoms with E-state index in [0.717, 1.165) is 4.88 Å². The van der Waals surface area contributed by atoms with Crippen molar-refractivity contribution in [1.29, 1.82) is 0 Å². The van der Waals surface area contributed by atoms with Gasteiger partial charge in [0.05, 0.1) is 0 Å². The molecule has 0 saturated heterocycles. The van der Waals surface area contributed by atoms with Crippen molar-refractivity contribution in [2.24, 2.45) is 0 Å². The molecule has 106 valence electrons. The van der Waals surface area contributed by atoms with Gasteiger partial charge in [0.15, 0.2) is 0 Å². The maximum absolute atomic E-state index is 13.8. The molecule has 1 atom stereocenters. The van der Waals surface area contributed by atoms with Crippen molar-refractivity contribution < 1.29 is 18.7 Å². The average Bonchev–Trinajstić information content (AvgIpc) is 2.85. The lowest BCUT2D eigenvalue weighted by Gasteiger charge is -2.41. The Hall–Kier alpha value is -1.01. The van der Waals surface area contributed by atoms with Gasteiger partial charge in [-0.3, -0.25) is 4.79 Å².